The Kier molecular flexibility index (Phi) is 4.34. The molecule has 1 heterocycles. The first-order valence-corrected chi connectivity index (χ1v) is 8.58. The summed E-state index contributed by atoms with van der Waals surface area (Å²) in [5.74, 6) is -0.0787. The standard InChI is InChI=1S/C22H18N2O3/c1-27-16-10-11-18-20(13-16)24-19-5-3-2-4-17(19)22(18)23-15-8-6-14(7-9-15)12-21(25)26/h2-11,13H,12H2,1H3,(H,23,24)(H,25,26). The summed E-state index contributed by atoms with van der Waals surface area (Å²) in [4.78, 5) is 15.6. The number of hydrogen-bond donors (Lipinski definition) is 2. The topological polar surface area (TPSA) is 71.5 Å². The highest BCUT2D eigenvalue weighted by atomic mass is 16.5. The van der Waals surface area contributed by atoms with Crippen LogP contribution < -0.4 is 10.1 Å². The second kappa shape index (κ2) is 6.96. The van der Waals surface area contributed by atoms with Gasteiger partial charge < -0.3 is 15.2 Å². The van der Waals surface area contributed by atoms with Gasteiger partial charge in [-0.25, -0.2) is 4.98 Å². The highest BCUT2D eigenvalue weighted by Crippen LogP contribution is 2.34. The van der Waals surface area contributed by atoms with Crippen LogP contribution in [0.4, 0.5) is 11.4 Å². The summed E-state index contributed by atoms with van der Waals surface area (Å²) in [6.45, 7) is 0. The lowest BCUT2D eigenvalue weighted by Gasteiger charge is -2.14. The third-order valence-electron chi connectivity index (χ3n) is 4.47. The van der Waals surface area contributed by atoms with Crippen molar-refractivity contribution in [3.8, 4) is 5.75 Å². The van der Waals surface area contributed by atoms with Crippen molar-refractivity contribution in [3.05, 3.63) is 72.3 Å². The van der Waals surface area contributed by atoms with Crippen molar-refractivity contribution in [2.45, 2.75) is 6.42 Å². The molecule has 0 fully saturated rings. The first kappa shape index (κ1) is 16.8. The highest BCUT2D eigenvalue weighted by molar-refractivity contribution is 6.08. The molecule has 27 heavy (non-hydrogen) atoms. The van der Waals surface area contributed by atoms with Gasteiger partial charge >= 0.3 is 5.97 Å². The molecule has 0 aliphatic heterocycles. The Morgan fingerprint density at radius 2 is 1.74 bits per heavy atom. The zero-order valence-electron chi connectivity index (χ0n) is 14.8. The largest absolute Gasteiger partial charge is 0.497 e. The molecule has 5 heteroatoms. The van der Waals surface area contributed by atoms with E-state index in [9.17, 15) is 4.79 Å². The number of para-hydroxylation sites is 1. The van der Waals surface area contributed by atoms with Gasteiger partial charge in [-0.05, 0) is 35.9 Å². The van der Waals surface area contributed by atoms with Crippen molar-refractivity contribution in [2.24, 2.45) is 0 Å². The van der Waals surface area contributed by atoms with Gasteiger partial charge in [-0.3, -0.25) is 4.79 Å². The number of fused-ring (bicyclic) bond motifs is 2. The lowest BCUT2D eigenvalue weighted by molar-refractivity contribution is -0.136. The van der Waals surface area contributed by atoms with E-state index in [-0.39, 0.29) is 6.42 Å². The van der Waals surface area contributed by atoms with Crippen LogP contribution in [-0.2, 0) is 11.2 Å². The van der Waals surface area contributed by atoms with Crippen LogP contribution in [0.25, 0.3) is 21.8 Å². The molecule has 0 amide bonds. The molecule has 4 rings (SSSR count). The fourth-order valence-corrected chi connectivity index (χ4v) is 3.16. The van der Waals surface area contributed by atoms with Gasteiger partial charge in [0.1, 0.15) is 5.75 Å². The fraction of sp³-hybridized carbons (Fsp3) is 0.0909. The summed E-state index contributed by atoms with van der Waals surface area (Å²) in [6.07, 6.45) is 0.0151. The molecule has 0 aliphatic carbocycles. The van der Waals surface area contributed by atoms with Crippen LogP contribution in [0.2, 0.25) is 0 Å². The number of carboxylic acid groups (broad SMARTS) is 1. The number of pyridine rings is 1. The number of nitrogens with zero attached hydrogens (tertiary/aromatic N) is 1. The van der Waals surface area contributed by atoms with Gasteiger partial charge in [0, 0.05) is 22.5 Å². The number of carboxylic acids is 1. The molecule has 4 aromatic rings. The Balaban J connectivity index is 1.82. The average molecular weight is 358 g/mol. The van der Waals surface area contributed by atoms with Gasteiger partial charge in [0.2, 0.25) is 0 Å². The third kappa shape index (κ3) is 3.40. The Bertz CT molecular complexity index is 1140. The molecule has 0 radical (unpaired) electrons. The Morgan fingerprint density at radius 3 is 2.48 bits per heavy atom. The van der Waals surface area contributed by atoms with Crippen molar-refractivity contribution < 1.29 is 14.6 Å². The number of benzene rings is 3. The molecule has 2 N–H and O–H groups in total. The molecule has 5 nitrogen and oxygen atoms in total. The third-order valence-corrected chi connectivity index (χ3v) is 4.47. The molecule has 0 atom stereocenters. The first-order chi connectivity index (χ1) is 13.1. The molecule has 0 aliphatic rings. The van der Waals surface area contributed by atoms with Crippen molar-refractivity contribution in [1.82, 2.24) is 4.98 Å². The number of ether oxygens (including phenoxy) is 1. The van der Waals surface area contributed by atoms with E-state index in [1.165, 1.54) is 0 Å². The van der Waals surface area contributed by atoms with Crippen molar-refractivity contribution in [3.63, 3.8) is 0 Å². The molecular weight excluding hydrogens is 340 g/mol. The van der Waals surface area contributed by atoms with E-state index in [4.69, 9.17) is 14.8 Å². The maximum absolute atomic E-state index is 10.9. The number of carbonyl (C=O) groups is 1. The Morgan fingerprint density at radius 1 is 1.00 bits per heavy atom. The molecule has 0 saturated carbocycles. The van der Waals surface area contributed by atoms with Gasteiger partial charge in [0.25, 0.3) is 0 Å². The summed E-state index contributed by atoms with van der Waals surface area (Å²) in [5, 5.41) is 14.4. The van der Waals surface area contributed by atoms with Gasteiger partial charge in [0.05, 0.1) is 30.3 Å². The Labute approximate surface area is 156 Å². The molecule has 134 valence electrons. The number of hydrogen-bond acceptors (Lipinski definition) is 4. The van der Waals surface area contributed by atoms with Crippen LogP contribution >= 0.6 is 0 Å². The minimum atomic E-state index is -0.837. The second-order valence-electron chi connectivity index (χ2n) is 6.28. The van der Waals surface area contributed by atoms with Gasteiger partial charge in [-0.15, -0.1) is 0 Å². The number of rotatable bonds is 5. The van der Waals surface area contributed by atoms with Crippen molar-refractivity contribution in [2.75, 3.05) is 12.4 Å². The van der Waals surface area contributed by atoms with Crippen LogP contribution in [0.15, 0.2) is 66.7 Å². The molecule has 0 bridgehead atoms. The van der Waals surface area contributed by atoms with E-state index in [0.29, 0.717) is 0 Å². The van der Waals surface area contributed by atoms with Crippen LogP contribution in [-0.4, -0.2) is 23.2 Å². The Hall–Kier alpha value is -3.60. The van der Waals surface area contributed by atoms with Gasteiger partial charge in [-0.1, -0.05) is 30.3 Å². The molecule has 1 aromatic heterocycles. The van der Waals surface area contributed by atoms with E-state index in [2.05, 4.69) is 5.32 Å². The van der Waals surface area contributed by atoms with Crippen molar-refractivity contribution in [1.29, 1.82) is 0 Å². The van der Waals surface area contributed by atoms with E-state index in [1.54, 1.807) is 7.11 Å². The maximum Gasteiger partial charge on any atom is 0.307 e. The van der Waals surface area contributed by atoms with Crippen LogP contribution in [0, 0.1) is 0 Å². The number of anilines is 2. The second-order valence-corrected chi connectivity index (χ2v) is 6.28. The van der Waals surface area contributed by atoms with Gasteiger partial charge in [0.15, 0.2) is 0 Å². The fourth-order valence-electron chi connectivity index (χ4n) is 3.16. The quantitative estimate of drug-likeness (QED) is 0.503. The minimum absolute atomic E-state index is 0.0151. The average Bonchev–Trinajstić information content (AvgIpc) is 2.68. The molecule has 0 saturated heterocycles. The summed E-state index contributed by atoms with van der Waals surface area (Å²) in [5.41, 5.74) is 4.35. The van der Waals surface area contributed by atoms with Crippen LogP contribution in [0.5, 0.6) is 5.75 Å². The van der Waals surface area contributed by atoms with Crippen LogP contribution in [0.1, 0.15) is 5.56 Å². The van der Waals surface area contributed by atoms with E-state index in [0.717, 1.165) is 44.5 Å². The molecule has 0 spiro atoms. The molecular formula is C22H18N2O3. The monoisotopic (exact) mass is 358 g/mol. The van der Waals surface area contributed by atoms with Crippen LogP contribution in [0.3, 0.4) is 0 Å². The highest BCUT2D eigenvalue weighted by Gasteiger charge is 2.10. The number of aliphatic carboxylic acids is 1. The minimum Gasteiger partial charge on any atom is -0.497 e. The first-order valence-electron chi connectivity index (χ1n) is 8.58. The smallest absolute Gasteiger partial charge is 0.307 e. The summed E-state index contributed by atoms with van der Waals surface area (Å²) >= 11 is 0. The predicted molar refractivity (Wildman–Crippen MR) is 107 cm³/mol. The van der Waals surface area contributed by atoms with E-state index < -0.39 is 5.97 Å². The SMILES string of the molecule is COc1ccc2c(Nc3ccc(CC(=O)O)cc3)c3ccccc3nc2c1. The summed E-state index contributed by atoms with van der Waals surface area (Å²) in [7, 11) is 1.64. The lowest BCUT2D eigenvalue weighted by Crippen LogP contribution is -2.00. The number of nitrogens with one attached hydrogen (secondary N) is 1. The lowest BCUT2D eigenvalue weighted by atomic mass is 10.1. The van der Waals surface area contributed by atoms with E-state index >= 15 is 0 Å². The summed E-state index contributed by atoms with van der Waals surface area (Å²) < 4.78 is 5.33. The zero-order chi connectivity index (χ0) is 18.8. The number of methoxy groups -OCH3 is 1. The predicted octanol–water partition coefficient (Wildman–Crippen LogP) is 4.77. The maximum atomic E-state index is 10.9. The normalized spacial score (nSPS) is 10.9. The zero-order valence-corrected chi connectivity index (χ0v) is 14.8. The molecule has 3 aromatic carbocycles. The van der Waals surface area contributed by atoms with Crippen molar-refractivity contribution >= 4 is 39.1 Å². The van der Waals surface area contributed by atoms with E-state index in [1.807, 2.05) is 66.7 Å². The van der Waals surface area contributed by atoms with Gasteiger partial charge in [-0.2, -0.15) is 0 Å². The number of aromatic nitrogens is 1. The summed E-state index contributed by atoms with van der Waals surface area (Å²) in [6, 6.07) is 21.2. The molecule has 0 unspecified atom stereocenters.